The molecular formula is C33H40ClN11O3S. The molecule has 49 heavy (non-hydrogen) atoms. The van der Waals surface area contributed by atoms with Crippen molar-refractivity contribution in [2.24, 2.45) is 0 Å². The number of thiazole rings is 1. The molecule has 0 spiro atoms. The first-order valence-electron chi connectivity index (χ1n) is 16.6. The summed E-state index contributed by atoms with van der Waals surface area (Å²) in [5, 5.41) is 22.8. The number of aromatic nitrogens is 9. The number of nitrogens with one attached hydrogen (secondary N) is 1. The van der Waals surface area contributed by atoms with Crippen LogP contribution in [0.25, 0.3) is 11.1 Å². The highest BCUT2D eigenvalue weighted by Gasteiger charge is 2.32. The van der Waals surface area contributed by atoms with Gasteiger partial charge < -0.3 is 19.5 Å². The third-order valence-corrected chi connectivity index (χ3v) is 9.91. The van der Waals surface area contributed by atoms with Gasteiger partial charge in [0.1, 0.15) is 35.5 Å². The van der Waals surface area contributed by atoms with Gasteiger partial charge in [0.2, 0.25) is 5.95 Å². The quantitative estimate of drug-likeness (QED) is 0.167. The van der Waals surface area contributed by atoms with E-state index in [9.17, 15) is 0 Å². The van der Waals surface area contributed by atoms with Gasteiger partial charge >= 0.3 is 0 Å². The molecule has 1 saturated carbocycles. The average Bonchev–Trinajstić information content (AvgIpc) is 3.89. The van der Waals surface area contributed by atoms with Gasteiger partial charge in [-0.25, -0.2) is 19.6 Å². The Morgan fingerprint density at radius 2 is 1.82 bits per heavy atom. The van der Waals surface area contributed by atoms with E-state index in [4.69, 9.17) is 30.9 Å². The first-order valence-corrected chi connectivity index (χ1v) is 17.9. The molecule has 1 N–H and O–H groups in total. The van der Waals surface area contributed by atoms with E-state index in [1.165, 1.54) is 0 Å². The minimum atomic E-state index is -0.209. The van der Waals surface area contributed by atoms with Crippen LogP contribution in [0.5, 0.6) is 11.6 Å². The number of ether oxygens (including phenoxy) is 3. The largest absolute Gasteiger partial charge is 0.487 e. The molecule has 2 fully saturated rings. The number of hydrogen-bond donors (Lipinski definition) is 1. The summed E-state index contributed by atoms with van der Waals surface area (Å²) in [5.41, 5.74) is 2.40. The van der Waals surface area contributed by atoms with Crippen LogP contribution in [0.15, 0.2) is 54.7 Å². The van der Waals surface area contributed by atoms with E-state index in [1.807, 2.05) is 35.3 Å². The van der Waals surface area contributed by atoms with E-state index in [-0.39, 0.29) is 24.4 Å². The molecular weight excluding hydrogens is 666 g/mol. The molecule has 0 radical (unpaired) electrons. The van der Waals surface area contributed by atoms with Crippen molar-refractivity contribution in [3.05, 3.63) is 64.7 Å². The SMILES string of the molecule is C[C@@H]1CN([C@H]2CC[C@H](n3cc(Nc4ncc(-c5ccc(Cl)c(O[C@@H](C)Cn6cnnn6)c5)cn4)c(OCc4nccs4)n3)CC2)C[C@H](C)O1. The summed E-state index contributed by atoms with van der Waals surface area (Å²) in [7, 11) is 0. The molecule has 16 heteroatoms. The highest BCUT2D eigenvalue weighted by Crippen LogP contribution is 2.36. The summed E-state index contributed by atoms with van der Waals surface area (Å²) in [6.07, 6.45) is 13.6. The Kier molecular flexibility index (Phi) is 10.3. The second-order valence-electron chi connectivity index (χ2n) is 12.7. The Morgan fingerprint density at radius 1 is 1.04 bits per heavy atom. The second kappa shape index (κ2) is 15.2. The highest BCUT2D eigenvalue weighted by atomic mass is 35.5. The molecule has 7 rings (SSSR count). The maximum Gasteiger partial charge on any atom is 0.257 e. The first kappa shape index (κ1) is 33.3. The summed E-state index contributed by atoms with van der Waals surface area (Å²) in [5.74, 6) is 1.48. The molecule has 258 valence electrons. The number of benzene rings is 1. The van der Waals surface area contributed by atoms with Crippen LogP contribution >= 0.6 is 22.9 Å². The van der Waals surface area contributed by atoms with Crippen molar-refractivity contribution < 1.29 is 14.2 Å². The zero-order valence-corrected chi connectivity index (χ0v) is 29.3. The molecule has 0 amide bonds. The minimum absolute atomic E-state index is 0.209. The summed E-state index contributed by atoms with van der Waals surface area (Å²) >= 11 is 8.02. The number of hydrogen-bond acceptors (Lipinski definition) is 13. The molecule has 1 aliphatic heterocycles. The van der Waals surface area contributed by atoms with Crippen LogP contribution in [0.4, 0.5) is 11.6 Å². The van der Waals surface area contributed by atoms with Crippen LogP contribution in [0.2, 0.25) is 5.02 Å². The minimum Gasteiger partial charge on any atom is -0.487 e. The van der Waals surface area contributed by atoms with Crippen molar-refractivity contribution in [2.75, 3.05) is 18.4 Å². The zero-order valence-electron chi connectivity index (χ0n) is 27.7. The predicted molar refractivity (Wildman–Crippen MR) is 185 cm³/mol. The van der Waals surface area contributed by atoms with Crippen LogP contribution in [-0.2, 0) is 17.9 Å². The Balaban J connectivity index is 1.03. The smallest absolute Gasteiger partial charge is 0.257 e. The normalized spacial score (nSPS) is 22.1. The molecule has 3 atom stereocenters. The Hall–Kier alpha value is -4.18. The van der Waals surface area contributed by atoms with Crippen LogP contribution in [-0.4, -0.2) is 87.3 Å². The van der Waals surface area contributed by atoms with Crippen LogP contribution in [0, 0.1) is 0 Å². The lowest BCUT2D eigenvalue weighted by Crippen LogP contribution is -2.51. The number of rotatable bonds is 12. The third kappa shape index (κ3) is 8.35. The van der Waals surface area contributed by atoms with Gasteiger partial charge in [0.15, 0.2) is 0 Å². The van der Waals surface area contributed by atoms with E-state index in [2.05, 4.69) is 54.5 Å². The van der Waals surface area contributed by atoms with Gasteiger partial charge in [-0.3, -0.25) is 9.58 Å². The number of tetrazole rings is 1. The fraction of sp³-hybridized carbons (Fsp3) is 0.485. The monoisotopic (exact) mass is 705 g/mol. The lowest BCUT2D eigenvalue weighted by Gasteiger charge is -2.42. The summed E-state index contributed by atoms with van der Waals surface area (Å²) < 4.78 is 21.9. The molecule has 4 aromatic heterocycles. The van der Waals surface area contributed by atoms with Crippen molar-refractivity contribution in [1.82, 2.24) is 49.8 Å². The summed E-state index contributed by atoms with van der Waals surface area (Å²) in [4.78, 5) is 16.2. The number of morpholine rings is 1. The highest BCUT2D eigenvalue weighted by molar-refractivity contribution is 7.09. The fourth-order valence-electron chi connectivity index (χ4n) is 6.63. The van der Waals surface area contributed by atoms with Crippen LogP contribution in [0.1, 0.15) is 57.5 Å². The van der Waals surface area contributed by atoms with Crippen molar-refractivity contribution in [2.45, 2.75) is 90.0 Å². The molecule has 14 nitrogen and oxygen atoms in total. The zero-order chi connectivity index (χ0) is 33.7. The molecule has 0 unspecified atom stereocenters. The van der Waals surface area contributed by atoms with E-state index in [0.29, 0.717) is 47.5 Å². The van der Waals surface area contributed by atoms with E-state index in [1.54, 1.807) is 47.0 Å². The van der Waals surface area contributed by atoms with Gasteiger partial charge in [0.05, 0.1) is 36.0 Å². The number of anilines is 2. The summed E-state index contributed by atoms with van der Waals surface area (Å²) in [6, 6.07) is 6.46. The predicted octanol–water partition coefficient (Wildman–Crippen LogP) is 5.82. The van der Waals surface area contributed by atoms with Crippen LogP contribution < -0.4 is 14.8 Å². The third-order valence-electron chi connectivity index (χ3n) is 8.85. The molecule has 1 saturated heterocycles. The average molecular weight is 706 g/mol. The fourth-order valence-corrected chi connectivity index (χ4v) is 7.32. The molecule has 5 heterocycles. The maximum absolute atomic E-state index is 6.47. The van der Waals surface area contributed by atoms with Gasteiger partial charge in [-0.1, -0.05) is 17.7 Å². The van der Waals surface area contributed by atoms with Crippen molar-refractivity contribution >= 4 is 34.6 Å². The van der Waals surface area contributed by atoms with Gasteiger partial charge in [0, 0.05) is 48.7 Å². The van der Waals surface area contributed by atoms with Gasteiger partial charge in [-0.15, -0.1) is 21.5 Å². The molecule has 1 aromatic carbocycles. The molecule has 2 aliphatic rings. The lowest BCUT2D eigenvalue weighted by atomic mass is 9.89. The lowest BCUT2D eigenvalue weighted by molar-refractivity contribution is -0.0852. The van der Waals surface area contributed by atoms with Crippen molar-refractivity contribution in [3.8, 4) is 22.8 Å². The topological polar surface area (TPSA) is 143 Å². The van der Waals surface area contributed by atoms with Crippen molar-refractivity contribution in [1.29, 1.82) is 0 Å². The number of nitrogens with zero attached hydrogens (tertiary/aromatic N) is 10. The maximum atomic E-state index is 6.47. The van der Waals surface area contributed by atoms with Crippen molar-refractivity contribution in [3.63, 3.8) is 0 Å². The van der Waals surface area contributed by atoms with Crippen LogP contribution in [0.3, 0.4) is 0 Å². The first-order chi connectivity index (χ1) is 23.9. The van der Waals surface area contributed by atoms with E-state index < -0.39 is 0 Å². The molecule has 0 bridgehead atoms. The van der Waals surface area contributed by atoms with E-state index >= 15 is 0 Å². The van der Waals surface area contributed by atoms with Gasteiger partial charge in [-0.2, -0.15) is 0 Å². The Bertz CT molecular complexity index is 1770. The van der Waals surface area contributed by atoms with Gasteiger partial charge in [-0.05, 0) is 74.6 Å². The van der Waals surface area contributed by atoms with Gasteiger partial charge in [0.25, 0.3) is 5.88 Å². The van der Waals surface area contributed by atoms with E-state index in [0.717, 1.165) is 54.9 Å². The Labute approximate surface area is 293 Å². The molecule has 1 aliphatic carbocycles. The molecule has 5 aromatic rings. The standard InChI is InChI=1S/C33H40ClN11O3S/c1-21-15-43(16-22(2)47-21)26-5-7-27(8-6-26)45-18-29(32(40-45)46-19-31-35-10-11-49-31)39-33-36-13-25(14-37-33)24-4-9-28(34)30(12-24)48-23(3)17-44-20-38-41-42-44/h4,9-14,18,20-23,26-27H,5-8,15-17,19H2,1-3H3,(H,36,37,39)/t21-,22+,23-,26-,27-/m0/s1. The second-order valence-corrected chi connectivity index (χ2v) is 14.1. The Morgan fingerprint density at radius 3 is 2.53 bits per heavy atom. The summed E-state index contributed by atoms with van der Waals surface area (Å²) in [6.45, 7) is 9.09. The number of halogens is 1.